The lowest BCUT2D eigenvalue weighted by atomic mass is 9.90. The van der Waals surface area contributed by atoms with Crippen molar-refractivity contribution in [3.8, 4) is 23.2 Å². The molecule has 150 valence electrons. The Morgan fingerprint density at radius 2 is 1.96 bits per heavy atom. The number of rotatable bonds is 8. The third kappa shape index (κ3) is 4.65. The molecule has 2 atom stereocenters. The van der Waals surface area contributed by atoms with Crippen LogP contribution in [0.3, 0.4) is 0 Å². The number of aromatic nitrogens is 3. The van der Waals surface area contributed by atoms with E-state index in [0.29, 0.717) is 11.7 Å². The molecule has 0 aliphatic carbocycles. The SMILES string of the molecule is CCn1c(S[C@@H](C)C(=O)N[C@@](C)(C#N)C(C)C)nnc1-c1ccc(OC)cc1. The summed E-state index contributed by atoms with van der Waals surface area (Å²) in [6, 6.07) is 9.82. The highest BCUT2D eigenvalue weighted by Gasteiger charge is 2.32. The van der Waals surface area contributed by atoms with Gasteiger partial charge in [-0.25, -0.2) is 0 Å². The monoisotopic (exact) mass is 401 g/mol. The lowest BCUT2D eigenvalue weighted by Gasteiger charge is -2.28. The molecule has 1 heterocycles. The minimum atomic E-state index is -0.904. The van der Waals surface area contributed by atoms with Gasteiger partial charge in [0.25, 0.3) is 0 Å². The molecule has 0 saturated heterocycles. The Morgan fingerprint density at radius 3 is 2.46 bits per heavy atom. The molecular formula is C20H27N5O2S. The molecule has 2 rings (SSSR count). The van der Waals surface area contributed by atoms with Crippen molar-refractivity contribution in [1.29, 1.82) is 5.26 Å². The number of nitrogens with one attached hydrogen (secondary N) is 1. The van der Waals surface area contributed by atoms with Gasteiger partial charge in [0.2, 0.25) is 5.91 Å². The molecule has 1 aromatic carbocycles. The van der Waals surface area contributed by atoms with E-state index < -0.39 is 10.8 Å². The van der Waals surface area contributed by atoms with Gasteiger partial charge in [-0.3, -0.25) is 4.79 Å². The van der Waals surface area contributed by atoms with Crippen LogP contribution >= 0.6 is 11.8 Å². The molecule has 2 aromatic rings. The van der Waals surface area contributed by atoms with Crippen molar-refractivity contribution in [1.82, 2.24) is 20.1 Å². The first-order valence-corrected chi connectivity index (χ1v) is 10.1. The molecule has 1 amide bonds. The Balaban J connectivity index is 2.19. The second kappa shape index (κ2) is 9.11. The second-order valence-electron chi connectivity index (χ2n) is 7.00. The van der Waals surface area contributed by atoms with Gasteiger partial charge < -0.3 is 14.6 Å². The lowest BCUT2D eigenvalue weighted by Crippen LogP contribution is -2.51. The molecule has 0 fully saturated rings. The van der Waals surface area contributed by atoms with Crippen molar-refractivity contribution in [3.05, 3.63) is 24.3 Å². The number of amides is 1. The molecule has 0 unspecified atom stereocenters. The van der Waals surface area contributed by atoms with Crippen molar-refractivity contribution in [2.45, 2.75) is 57.1 Å². The molecule has 7 nitrogen and oxygen atoms in total. The Kier molecular flexibility index (Phi) is 7.08. The topological polar surface area (TPSA) is 92.8 Å². The van der Waals surface area contributed by atoms with Crippen LogP contribution in [0.25, 0.3) is 11.4 Å². The van der Waals surface area contributed by atoms with Gasteiger partial charge in [0, 0.05) is 12.1 Å². The first-order chi connectivity index (χ1) is 13.3. The summed E-state index contributed by atoms with van der Waals surface area (Å²) in [5.74, 6) is 1.32. The number of carbonyl (C=O) groups excluding carboxylic acids is 1. The molecule has 8 heteroatoms. The zero-order chi connectivity index (χ0) is 20.9. The van der Waals surface area contributed by atoms with Gasteiger partial charge in [-0.05, 0) is 51.0 Å². The maximum atomic E-state index is 12.6. The van der Waals surface area contributed by atoms with Crippen molar-refractivity contribution < 1.29 is 9.53 Å². The van der Waals surface area contributed by atoms with E-state index in [2.05, 4.69) is 21.6 Å². The van der Waals surface area contributed by atoms with Gasteiger partial charge >= 0.3 is 0 Å². The van der Waals surface area contributed by atoms with Crippen LogP contribution in [-0.4, -0.2) is 38.6 Å². The predicted molar refractivity (Wildman–Crippen MR) is 110 cm³/mol. The molecule has 0 radical (unpaired) electrons. The van der Waals surface area contributed by atoms with E-state index in [1.165, 1.54) is 11.8 Å². The summed E-state index contributed by atoms with van der Waals surface area (Å²) in [6.45, 7) is 10.1. The fourth-order valence-electron chi connectivity index (χ4n) is 2.49. The van der Waals surface area contributed by atoms with Crippen LogP contribution in [0.5, 0.6) is 5.75 Å². The third-order valence-electron chi connectivity index (χ3n) is 4.80. The first-order valence-electron chi connectivity index (χ1n) is 9.23. The van der Waals surface area contributed by atoms with Gasteiger partial charge in [-0.2, -0.15) is 5.26 Å². The molecule has 28 heavy (non-hydrogen) atoms. The highest BCUT2D eigenvalue weighted by atomic mass is 32.2. The normalized spacial score (nSPS) is 14.2. The second-order valence-corrected chi connectivity index (χ2v) is 8.31. The van der Waals surface area contributed by atoms with E-state index in [-0.39, 0.29) is 11.8 Å². The largest absolute Gasteiger partial charge is 0.497 e. The molecule has 0 bridgehead atoms. The minimum absolute atomic E-state index is 0.000352. The minimum Gasteiger partial charge on any atom is -0.497 e. The average Bonchev–Trinajstić information content (AvgIpc) is 3.10. The average molecular weight is 402 g/mol. The quantitative estimate of drug-likeness (QED) is 0.681. The Hall–Kier alpha value is -2.53. The number of thioether (sulfide) groups is 1. The van der Waals surface area contributed by atoms with Crippen molar-refractivity contribution in [2.24, 2.45) is 5.92 Å². The summed E-state index contributed by atoms with van der Waals surface area (Å²) < 4.78 is 7.17. The fraction of sp³-hybridized carbons (Fsp3) is 0.500. The van der Waals surface area contributed by atoms with E-state index in [4.69, 9.17) is 4.74 Å². The molecular weight excluding hydrogens is 374 g/mol. The molecule has 0 spiro atoms. The van der Waals surface area contributed by atoms with Gasteiger partial charge in [0.05, 0.1) is 18.4 Å². The van der Waals surface area contributed by atoms with Crippen LogP contribution in [0.2, 0.25) is 0 Å². The van der Waals surface area contributed by atoms with Crippen molar-refractivity contribution in [3.63, 3.8) is 0 Å². The van der Waals surface area contributed by atoms with E-state index in [9.17, 15) is 10.1 Å². The predicted octanol–water partition coefficient (Wildman–Crippen LogP) is 3.51. The standard InChI is InChI=1S/C20H27N5O2S/c1-7-25-17(15-8-10-16(27-6)11-9-15)23-24-19(25)28-14(4)18(26)22-20(5,12-21)13(2)3/h8-11,13-14H,7H2,1-6H3,(H,22,26)/t14-,20-/m0/s1. The zero-order valence-electron chi connectivity index (χ0n) is 17.2. The Labute approximate surface area is 170 Å². The molecule has 0 saturated carbocycles. The smallest absolute Gasteiger partial charge is 0.234 e. The van der Waals surface area contributed by atoms with Crippen LogP contribution in [0.4, 0.5) is 0 Å². The summed E-state index contributed by atoms with van der Waals surface area (Å²) in [4.78, 5) is 12.6. The van der Waals surface area contributed by atoms with Gasteiger partial charge in [0.15, 0.2) is 11.0 Å². The van der Waals surface area contributed by atoms with Crippen LogP contribution in [-0.2, 0) is 11.3 Å². The van der Waals surface area contributed by atoms with Crippen LogP contribution < -0.4 is 10.1 Å². The maximum Gasteiger partial charge on any atom is 0.234 e. The van der Waals surface area contributed by atoms with Crippen LogP contribution in [0.1, 0.15) is 34.6 Å². The summed E-state index contributed by atoms with van der Waals surface area (Å²) in [6.07, 6.45) is 0. The van der Waals surface area contributed by atoms with E-state index >= 15 is 0 Å². The van der Waals surface area contributed by atoms with Crippen LogP contribution in [0.15, 0.2) is 29.4 Å². The van der Waals surface area contributed by atoms with E-state index in [1.807, 2.05) is 49.6 Å². The van der Waals surface area contributed by atoms with Gasteiger partial charge in [-0.15, -0.1) is 10.2 Å². The van der Waals surface area contributed by atoms with Crippen molar-refractivity contribution >= 4 is 17.7 Å². The lowest BCUT2D eigenvalue weighted by molar-refractivity contribution is -0.121. The van der Waals surface area contributed by atoms with Crippen molar-refractivity contribution in [2.75, 3.05) is 7.11 Å². The number of methoxy groups -OCH3 is 1. The summed E-state index contributed by atoms with van der Waals surface area (Å²) >= 11 is 1.33. The van der Waals surface area contributed by atoms with E-state index in [0.717, 1.165) is 17.1 Å². The molecule has 1 N–H and O–H groups in total. The number of ether oxygens (including phenoxy) is 1. The number of hydrogen-bond acceptors (Lipinski definition) is 6. The highest BCUT2D eigenvalue weighted by Crippen LogP contribution is 2.28. The third-order valence-corrected chi connectivity index (χ3v) is 5.88. The zero-order valence-corrected chi connectivity index (χ0v) is 18.0. The fourth-order valence-corrected chi connectivity index (χ4v) is 3.40. The number of nitriles is 1. The summed E-state index contributed by atoms with van der Waals surface area (Å²) in [5, 5.41) is 21.1. The number of hydrogen-bond donors (Lipinski definition) is 1. The summed E-state index contributed by atoms with van der Waals surface area (Å²) in [5.41, 5.74) is 0.0226. The Bertz CT molecular complexity index is 856. The van der Waals surface area contributed by atoms with E-state index in [1.54, 1.807) is 21.0 Å². The molecule has 0 aliphatic rings. The van der Waals surface area contributed by atoms with Gasteiger partial charge in [-0.1, -0.05) is 25.6 Å². The van der Waals surface area contributed by atoms with Crippen LogP contribution in [0, 0.1) is 17.2 Å². The molecule has 0 aliphatic heterocycles. The number of carbonyl (C=O) groups is 1. The van der Waals surface area contributed by atoms with Gasteiger partial charge in [0.1, 0.15) is 11.3 Å². The first kappa shape index (κ1) is 21.8. The Morgan fingerprint density at radius 1 is 1.32 bits per heavy atom. The number of nitrogens with zero attached hydrogens (tertiary/aromatic N) is 4. The highest BCUT2D eigenvalue weighted by molar-refractivity contribution is 8.00. The summed E-state index contributed by atoms with van der Waals surface area (Å²) in [7, 11) is 1.63. The maximum absolute atomic E-state index is 12.6. The molecule has 1 aromatic heterocycles. The number of benzene rings is 1.